The second-order valence-corrected chi connectivity index (χ2v) is 5.85. The van der Waals surface area contributed by atoms with Crippen LogP contribution in [0.4, 0.5) is 0 Å². The summed E-state index contributed by atoms with van der Waals surface area (Å²) >= 11 is 3.68. The van der Waals surface area contributed by atoms with Gasteiger partial charge in [-0.3, -0.25) is 4.90 Å². The molecule has 2 rings (SSSR count). The highest BCUT2D eigenvalue weighted by Gasteiger charge is 2.20. The first-order chi connectivity index (χ1) is 7.15. The molecule has 0 aromatic heterocycles. The van der Waals surface area contributed by atoms with E-state index >= 15 is 0 Å². The molecular formula is C13H18BrN. The van der Waals surface area contributed by atoms with Gasteiger partial charge in [0.1, 0.15) is 0 Å². The Balaban J connectivity index is 2.07. The first-order valence-corrected chi connectivity index (χ1v) is 6.49. The normalized spacial score (nSPS) is 22.2. The summed E-state index contributed by atoms with van der Waals surface area (Å²) in [6, 6.07) is 6.74. The Labute approximate surface area is 101 Å². The molecule has 82 valence electrons. The highest BCUT2D eigenvalue weighted by Crippen LogP contribution is 2.20. The van der Waals surface area contributed by atoms with Crippen LogP contribution in [-0.2, 0) is 6.54 Å². The zero-order valence-corrected chi connectivity index (χ0v) is 11.0. The molecule has 1 unspecified atom stereocenters. The number of likely N-dealkylation sites (tertiary alicyclic amines) is 1. The molecule has 1 nitrogen and oxygen atoms in total. The summed E-state index contributed by atoms with van der Waals surface area (Å²) in [6.45, 7) is 7.89. The number of alkyl halides is 1. The molecule has 1 atom stereocenters. The van der Waals surface area contributed by atoms with Gasteiger partial charge in [0.2, 0.25) is 0 Å². The molecule has 2 heteroatoms. The number of benzene rings is 1. The summed E-state index contributed by atoms with van der Waals surface area (Å²) in [5.74, 6) is 0. The van der Waals surface area contributed by atoms with Crippen molar-refractivity contribution in [1.29, 1.82) is 0 Å². The molecule has 1 saturated heterocycles. The highest BCUT2D eigenvalue weighted by molar-refractivity contribution is 9.09. The molecule has 0 saturated carbocycles. The molecule has 0 spiro atoms. The number of halogens is 1. The smallest absolute Gasteiger partial charge is 0.0285 e. The van der Waals surface area contributed by atoms with E-state index in [2.05, 4.69) is 52.9 Å². The Hall–Kier alpha value is -0.340. The molecule has 1 aromatic carbocycles. The summed E-state index contributed by atoms with van der Waals surface area (Å²) < 4.78 is 0. The van der Waals surface area contributed by atoms with Gasteiger partial charge in [-0.05, 0) is 37.9 Å². The maximum Gasteiger partial charge on any atom is 0.0285 e. The summed E-state index contributed by atoms with van der Waals surface area (Å²) in [7, 11) is 0. The van der Waals surface area contributed by atoms with E-state index in [0.29, 0.717) is 4.83 Å². The third kappa shape index (κ3) is 2.82. The molecule has 0 amide bonds. The van der Waals surface area contributed by atoms with E-state index in [4.69, 9.17) is 0 Å². The van der Waals surface area contributed by atoms with Gasteiger partial charge in [0.15, 0.2) is 0 Å². The number of aryl methyl sites for hydroxylation is 2. The largest absolute Gasteiger partial charge is 0.298 e. The molecule has 1 aliphatic rings. The van der Waals surface area contributed by atoms with Crippen LogP contribution in [0.1, 0.15) is 23.1 Å². The van der Waals surface area contributed by atoms with Crippen molar-refractivity contribution in [2.75, 3.05) is 13.1 Å². The van der Waals surface area contributed by atoms with E-state index in [1.165, 1.54) is 36.2 Å². The molecular weight excluding hydrogens is 250 g/mol. The summed E-state index contributed by atoms with van der Waals surface area (Å²) in [6.07, 6.45) is 1.28. The quantitative estimate of drug-likeness (QED) is 0.744. The first kappa shape index (κ1) is 11.2. The fourth-order valence-electron chi connectivity index (χ4n) is 2.14. The van der Waals surface area contributed by atoms with Crippen LogP contribution in [-0.4, -0.2) is 22.8 Å². The van der Waals surface area contributed by atoms with Gasteiger partial charge in [-0.15, -0.1) is 0 Å². The lowest BCUT2D eigenvalue weighted by Crippen LogP contribution is -2.20. The van der Waals surface area contributed by atoms with Crippen molar-refractivity contribution in [3.05, 3.63) is 34.9 Å². The SMILES string of the molecule is Cc1ccc(C)c(CN2CCC(Br)C2)c1. The minimum atomic E-state index is 0.697. The third-order valence-corrected chi connectivity index (χ3v) is 3.86. The fourth-order valence-corrected chi connectivity index (χ4v) is 2.75. The molecule has 0 N–H and O–H groups in total. The molecule has 0 aliphatic carbocycles. The Bertz CT molecular complexity index is 348. The molecule has 1 aliphatic heterocycles. The van der Waals surface area contributed by atoms with Crippen LogP contribution in [0.5, 0.6) is 0 Å². The summed E-state index contributed by atoms with van der Waals surface area (Å²) in [5, 5.41) is 0. The van der Waals surface area contributed by atoms with E-state index in [-0.39, 0.29) is 0 Å². The zero-order valence-electron chi connectivity index (χ0n) is 9.46. The Morgan fingerprint density at radius 1 is 1.40 bits per heavy atom. The van der Waals surface area contributed by atoms with Crippen molar-refractivity contribution in [3.8, 4) is 0 Å². The third-order valence-electron chi connectivity index (χ3n) is 3.11. The van der Waals surface area contributed by atoms with Gasteiger partial charge in [-0.2, -0.15) is 0 Å². The minimum absolute atomic E-state index is 0.697. The number of hydrogen-bond donors (Lipinski definition) is 0. The number of hydrogen-bond acceptors (Lipinski definition) is 1. The standard InChI is InChI=1S/C13H18BrN/c1-10-3-4-11(2)12(7-10)8-15-6-5-13(14)9-15/h3-4,7,13H,5-6,8-9H2,1-2H3. The molecule has 15 heavy (non-hydrogen) atoms. The van der Waals surface area contributed by atoms with Gasteiger partial charge in [0.25, 0.3) is 0 Å². The van der Waals surface area contributed by atoms with Crippen LogP contribution in [0.3, 0.4) is 0 Å². The van der Waals surface area contributed by atoms with Crippen molar-refractivity contribution in [3.63, 3.8) is 0 Å². The highest BCUT2D eigenvalue weighted by atomic mass is 79.9. The lowest BCUT2D eigenvalue weighted by Gasteiger charge is -2.17. The van der Waals surface area contributed by atoms with Crippen LogP contribution < -0.4 is 0 Å². The van der Waals surface area contributed by atoms with Gasteiger partial charge in [-0.25, -0.2) is 0 Å². The lowest BCUT2D eigenvalue weighted by atomic mass is 10.1. The molecule has 0 bridgehead atoms. The zero-order chi connectivity index (χ0) is 10.8. The second-order valence-electron chi connectivity index (χ2n) is 4.55. The van der Waals surface area contributed by atoms with Crippen LogP contribution in [0.15, 0.2) is 18.2 Å². The number of nitrogens with zero attached hydrogens (tertiary/aromatic N) is 1. The maximum absolute atomic E-state index is 3.68. The average molecular weight is 268 g/mol. The lowest BCUT2D eigenvalue weighted by molar-refractivity contribution is 0.332. The fraction of sp³-hybridized carbons (Fsp3) is 0.538. The summed E-state index contributed by atoms with van der Waals surface area (Å²) in [5.41, 5.74) is 4.26. The van der Waals surface area contributed by atoms with Crippen LogP contribution in [0, 0.1) is 13.8 Å². The van der Waals surface area contributed by atoms with Crippen molar-refractivity contribution in [2.24, 2.45) is 0 Å². The van der Waals surface area contributed by atoms with E-state index in [9.17, 15) is 0 Å². The molecule has 1 fully saturated rings. The summed E-state index contributed by atoms with van der Waals surface area (Å²) in [4.78, 5) is 3.23. The van der Waals surface area contributed by atoms with E-state index in [0.717, 1.165) is 6.54 Å². The van der Waals surface area contributed by atoms with Gasteiger partial charge in [0.05, 0.1) is 0 Å². The number of rotatable bonds is 2. The Kier molecular flexibility index (Phi) is 3.47. The van der Waals surface area contributed by atoms with E-state index in [1.54, 1.807) is 0 Å². The monoisotopic (exact) mass is 267 g/mol. The molecule has 1 aromatic rings. The predicted molar refractivity (Wildman–Crippen MR) is 68.5 cm³/mol. The topological polar surface area (TPSA) is 3.24 Å². The molecule has 0 radical (unpaired) electrons. The Morgan fingerprint density at radius 2 is 2.20 bits per heavy atom. The molecule has 1 heterocycles. The predicted octanol–water partition coefficient (Wildman–Crippen LogP) is 3.27. The van der Waals surface area contributed by atoms with Crippen molar-refractivity contribution >= 4 is 15.9 Å². The Morgan fingerprint density at radius 3 is 2.87 bits per heavy atom. The van der Waals surface area contributed by atoms with Crippen molar-refractivity contribution < 1.29 is 0 Å². The van der Waals surface area contributed by atoms with Gasteiger partial charge < -0.3 is 0 Å². The van der Waals surface area contributed by atoms with Crippen LogP contribution in [0.2, 0.25) is 0 Å². The van der Waals surface area contributed by atoms with Crippen LogP contribution >= 0.6 is 15.9 Å². The van der Waals surface area contributed by atoms with Crippen molar-refractivity contribution in [2.45, 2.75) is 31.6 Å². The average Bonchev–Trinajstić information content (AvgIpc) is 2.58. The second kappa shape index (κ2) is 4.67. The van der Waals surface area contributed by atoms with E-state index in [1.807, 2.05) is 0 Å². The van der Waals surface area contributed by atoms with Gasteiger partial charge in [0, 0.05) is 17.9 Å². The van der Waals surface area contributed by atoms with Gasteiger partial charge in [-0.1, -0.05) is 39.7 Å². The van der Waals surface area contributed by atoms with Crippen LogP contribution in [0.25, 0.3) is 0 Å². The van der Waals surface area contributed by atoms with Gasteiger partial charge >= 0.3 is 0 Å². The first-order valence-electron chi connectivity index (χ1n) is 5.57. The van der Waals surface area contributed by atoms with E-state index < -0.39 is 0 Å². The minimum Gasteiger partial charge on any atom is -0.298 e. The van der Waals surface area contributed by atoms with Crippen molar-refractivity contribution in [1.82, 2.24) is 4.90 Å². The maximum atomic E-state index is 3.68.